The molecular formula is C26H29N5O4S. The van der Waals surface area contributed by atoms with Crippen LogP contribution in [-0.2, 0) is 26.5 Å². The first kappa shape index (κ1) is 25.3. The molecule has 36 heavy (non-hydrogen) atoms. The number of phenolic OH excluding ortho intramolecular Hbond substituents is 1. The molecule has 3 aromatic carbocycles. The summed E-state index contributed by atoms with van der Waals surface area (Å²) in [5, 5.41) is 20.2. The largest absolute Gasteiger partial charge is 0.505 e. The Kier molecular flexibility index (Phi) is 6.83. The van der Waals surface area contributed by atoms with Gasteiger partial charge in [0.25, 0.3) is 0 Å². The number of aromatic hydroxyl groups is 1. The molecule has 0 unspecified atom stereocenters. The minimum atomic E-state index is -3.72. The maximum Gasteiger partial charge on any atom is 0.234 e. The third-order valence-corrected chi connectivity index (χ3v) is 8.26. The van der Waals surface area contributed by atoms with Gasteiger partial charge in [-0.3, -0.25) is 10.2 Å². The van der Waals surface area contributed by atoms with E-state index < -0.39 is 9.84 Å². The van der Waals surface area contributed by atoms with Crippen molar-refractivity contribution in [2.24, 2.45) is 5.84 Å². The Balaban J connectivity index is 1.81. The molecule has 1 aromatic heterocycles. The van der Waals surface area contributed by atoms with Crippen LogP contribution in [-0.4, -0.2) is 34.4 Å². The van der Waals surface area contributed by atoms with E-state index in [0.29, 0.717) is 28.7 Å². The summed E-state index contributed by atoms with van der Waals surface area (Å²) < 4.78 is 26.1. The molecule has 0 aliphatic heterocycles. The summed E-state index contributed by atoms with van der Waals surface area (Å²) in [6, 6.07) is 16.4. The number of aromatic nitrogens is 3. The molecular weight excluding hydrogens is 478 g/mol. The van der Waals surface area contributed by atoms with Gasteiger partial charge < -0.3 is 5.11 Å². The summed E-state index contributed by atoms with van der Waals surface area (Å²) >= 11 is 0. The van der Waals surface area contributed by atoms with Crippen LogP contribution in [0.5, 0.6) is 5.75 Å². The molecule has 0 radical (unpaired) electrons. The molecule has 0 bridgehead atoms. The Hall–Kier alpha value is -3.76. The van der Waals surface area contributed by atoms with Gasteiger partial charge in [0, 0.05) is 12.0 Å². The highest BCUT2D eigenvalue weighted by Crippen LogP contribution is 2.38. The minimum Gasteiger partial charge on any atom is -0.505 e. The van der Waals surface area contributed by atoms with E-state index in [1.165, 1.54) is 16.9 Å². The number of hydrazine groups is 1. The fraction of sp³-hybridized carbons (Fsp3) is 0.269. The lowest BCUT2D eigenvalue weighted by Crippen LogP contribution is -2.30. The maximum atomic E-state index is 13.1. The highest BCUT2D eigenvalue weighted by Gasteiger charge is 2.26. The van der Waals surface area contributed by atoms with Crippen LogP contribution in [0.2, 0.25) is 0 Å². The number of nitrogens with zero attached hydrogens (tertiary/aromatic N) is 3. The van der Waals surface area contributed by atoms with E-state index in [2.05, 4.69) is 15.6 Å². The zero-order chi connectivity index (χ0) is 26.1. The quantitative estimate of drug-likeness (QED) is 0.188. The highest BCUT2D eigenvalue weighted by molar-refractivity contribution is 7.91. The van der Waals surface area contributed by atoms with Crippen molar-refractivity contribution in [1.29, 1.82) is 0 Å². The summed E-state index contributed by atoms with van der Waals surface area (Å²) in [6.07, 6.45) is 1.35. The number of phenols is 1. The Morgan fingerprint density at radius 3 is 2.39 bits per heavy atom. The average Bonchev–Trinajstić information content (AvgIpc) is 3.31. The van der Waals surface area contributed by atoms with Gasteiger partial charge in [0.1, 0.15) is 22.5 Å². The van der Waals surface area contributed by atoms with Crippen molar-refractivity contribution in [3.63, 3.8) is 0 Å². The molecule has 4 rings (SSSR count). The third-order valence-electron chi connectivity index (χ3n) is 6.50. The molecule has 4 N–H and O–H groups in total. The number of nitrogens with two attached hydrogens (primary N) is 1. The maximum absolute atomic E-state index is 13.1. The number of amides is 1. The van der Waals surface area contributed by atoms with Crippen LogP contribution in [0.3, 0.4) is 0 Å². The number of carbonyl (C=O) groups is 1. The van der Waals surface area contributed by atoms with Crippen LogP contribution in [0.15, 0.2) is 70.5 Å². The molecule has 0 aliphatic carbocycles. The van der Waals surface area contributed by atoms with Crippen molar-refractivity contribution in [1.82, 2.24) is 20.4 Å². The smallest absolute Gasteiger partial charge is 0.234 e. The molecule has 0 saturated carbocycles. The molecule has 1 amide bonds. The first-order valence-electron chi connectivity index (χ1n) is 11.6. The van der Waals surface area contributed by atoms with Crippen molar-refractivity contribution in [2.45, 2.75) is 55.2 Å². The van der Waals surface area contributed by atoms with Crippen molar-refractivity contribution in [2.75, 3.05) is 0 Å². The van der Waals surface area contributed by atoms with Crippen molar-refractivity contribution in [3.8, 4) is 11.4 Å². The van der Waals surface area contributed by atoms with Crippen LogP contribution < -0.4 is 11.3 Å². The van der Waals surface area contributed by atoms with Crippen LogP contribution in [0.4, 0.5) is 0 Å². The molecule has 0 aliphatic rings. The number of benzene rings is 3. The van der Waals surface area contributed by atoms with Crippen LogP contribution in [0.25, 0.3) is 16.7 Å². The van der Waals surface area contributed by atoms with Gasteiger partial charge in [-0.25, -0.2) is 14.3 Å². The highest BCUT2D eigenvalue weighted by atomic mass is 32.2. The van der Waals surface area contributed by atoms with Gasteiger partial charge in [-0.1, -0.05) is 45.0 Å². The second kappa shape index (κ2) is 9.71. The number of fused-ring (bicyclic) bond motifs is 1. The zero-order valence-electron chi connectivity index (χ0n) is 20.4. The number of nitrogens with one attached hydrogen (secondary N) is 1. The lowest BCUT2D eigenvalue weighted by Gasteiger charge is -2.26. The normalized spacial score (nSPS) is 12.1. The van der Waals surface area contributed by atoms with E-state index in [-0.39, 0.29) is 33.3 Å². The number of hydrogen-bond acceptors (Lipinski definition) is 7. The Morgan fingerprint density at radius 1 is 1.03 bits per heavy atom. The summed E-state index contributed by atoms with van der Waals surface area (Å²) in [5.41, 5.74) is 4.50. The molecule has 0 spiro atoms. The fourth-order valence-electron chi connectivity index (χ4n) is 3.92. The molecule has 0 atom stereocenters. The number of sulfone groups is 1. The van der Waals surface area contributed by atoms with Crippen molar-refractivity contribution < 1.29 is 18.3 Å². The van der Waals surface area contributed by atoms with E-state index in [1.54, 1.807) is 42.5 Å². The summed E-state index contributed by atoms with van der Waals surface area (Å²) in [6.45, 7) is 6.08. The van der Waals surface area contributed by atoms with Gasteiger partial charge in [0.05, 0.1) is 9.79 Å². The second-order valence-corrected chi connectivity index (χ2v) is 11.2. The second-order valence-electron chi connectivity index (χ2n) is 9.27. The van der Waals surface area contributed by atoms with Crippen LogP contribution in [0.1, 0.15) is 44.7 Å². The Morgan fingerprint density at radius 2 is 1.72 bits per heavy atom. The lowest BCUT2D eigenvalue weighted by molar-refractivity contribution is -0.121. The number of rotatable bonds is 8. The van der Waals surface area contributed by atoms with Gasteiger partial charge in [-0.15, -0.1) is 15.0 Å². The van der Waals surface area contributed by atoms with E-state index in [4.69, 9.17) is 5.84 Å². The van der Waals surface area contributed by atoms with E-state index in [1.807, 2.05) is 26.8 Å². The first-order chi connectivity index (χ1) is 17.1. The predicted octanol–water partition coefficient (Wildman–Crippen LogP) is 3.57. The molecule has 10 heteroatoms. The number of hydrogen-bond donors (Lipinski definition) is 3. The van der Waals surface area contributed by atoms with Gasteiger partial charge in [0.2, 0.25) is 15.7 Å². The number of aryl methyl sites for hydroxylation is 1. The average molecular weight is 508 g/mol. The van der Waals surface area contributed by atoms with Crippen molar-refractivity contribution in [3.05, 3.63) is 71.8 Å². The van der Waals surface area contributed by atoms with Crippen LogP contribution in [0, 0.1) is 0 Å². The summed E-state index contributed by atoms with van der Waals surface area (Å²) in [7, 11) is -3.72. The topological polar surface area (TPSA) is 140 Å². The molecule has 0 fully saturated rings. The molecule has 4 aromatic rings. The number of carbonyl (C=O) groups excluding carboxylic acids is 1. The summed E-state index contributed by atoms with van der Waals surface area (Å²) in [4.78, 5) is 13.3. The van der Waals surface area contributed by atoms with Gasteiger partial charge in [-0.05, 0) is 60.2 Å². The summed E-state index contributed by atoms with van der Waals surface area (Å²) in [5.74, 6) is 4.96. The predicted molar refractivity (Wildman–Crippen MR) is 136 cm³/mol. The molecule has 0 saturated heterocycles. The fourth-order valence-corrected chi connectivity index (χ4v) is 5.22. The standard InChI is InChI=1S/C26H29N5O4S/c1-4-26(2,3)20-14-17(10-13-24(32)28-27)15-23(25(20)33)31-29-21-12-11-19(16-22(21)30-31)36(34,35)18-8-6-5-7-9-18/h5-9,11-12,14-16,33H,4,10,13,27H2,1-3H3,(H,28,32). The molecule has 188 valence electrons. The first-order valence-corrected chi connectivity index (χ1v) is 13.1. The van der Waals surface area contributed by atoms with E-state index >= 15 is 0 Å². The molecule has 1 heterocycles. The van der Waals surface area contributed by atoms with Crippen LogP contribution >= 0.6 is 0 Å². The van der Waals surface area contributed by atoms with Gasteiger partial charge in [0.15, 0.2) is 0 Å². The minimum absolute atomic E-state index is 0.0336. The lowest BCUT2D eigenvalue weighted by atomic mass is 9.80. The van der Waals surface area contributed by atoms with Gasteiger partial charge >= 0.3 is 0 Å². The third kappa shape index (κ3) is 4.82. The van der Waals surface area contributed by atoms with Gasteiger partial charge in [-0.2, -0.15) is 0 Å². The van der Waals surface area contributed by atoms with E-state index in [0.717, 1.165) is 12.0 Å². The van der Waals surface area contributed by atoms with E-state index in [9.17, 15) is 18.3 Å². The Bertz CT molecular complexity index is 1530. The molecule has 9 nitrogen and oxygen atoms in total. The monoisotopic (exact) mass is 507 g/mol. The Labute approximate surface area is 209 Å². The van der Waals surface area contributed by atoms with Crippen molar-refractivity contribution >= 4 is 26.8 Å². The zero-order valence-corrected chi connectivity index (χ0v) is 21.2. The SMILES string of the molecule is CCC(C)(C)c1cc(CCC(=O)NN)cc(-n2nc3ccc(S(=O)(=O)c4ccccc4)cc3n2)c1O.